The molecule has 1 N–H and O–H groups in total. The molecule has 1 aliphatic rings. The summed E-state index contributed by atoms with van der Waals surface area (Å²) < 4.78 is 30.9. The van der Waals surface area contributed by atoms with Crippen molar-refractivity contribution in [1.29, 1.82) is 0 Å². The summed E-state index contributed by atoms with van der Waals surface area (Å²) in [5, 5.41) is 7.32. The van der Waals surface area contributed by atoms with Crippen LogP contribution < -0.4 is 5.32 Å². The largest absolute Gasteiger partial charge is 0.463 e. The molecule has 1 fully saturated rings. The molecule has 1 atom stereocenters. The van der Waals surface area contributed by atoms with Crippen molar-refractivity contribution in [3.05, 3.63) is 54.4 Å². The van der Waals surface area contributed by atoms with E-state index in [0.29, 0.717) is 23.6 Å². The number of carbonyl (C=O) groups excluding carboxylic acids is 1. The summed E-state index contributed by atoms with van der Waals surface area (Å²) in [5.41, 5.74) is 1.51. The number of anilines is 1. The molecule has 0 radical (unpaired) electrons. The van der Waals surface area contributed by atoms with Gasteiger partial charge in [0.2, 0.25) is 0 Å². The second-order valence-corrected chi connectivity index (χ2v) is 9.62. The van der Waals surface area contributed by atoms with E-state index in [2.05, 4.69) is 10.4 Å². The average molecular weight is 418 g/mol. The maximum absolute atomic E-state index is 12.8. The van der Waals surface area contributed by atoms with Gasteiger partial charge in [-0.25, -0.2) is 8.42 Å². The summed E-state index contributed by atoms with van der Waals surface area (Å²) in [6, 6.07) is 12.4. The predicted molar refractivity (Wildman–Crippen MR) is 108 cm³/mol. The monoisotopic (exact) mass is 417 g/mol. The Morgan fingerprint density at radius 2 is 2.11 bits per heavy atom. The number of aromatic nitrogens is 2. The molecule has 1 aromatic carbocycles. The summed E-state index contributed by atoms with van der Waals surface area (Å²) in [6.07, 6.45) is 3.94. The molecule has 1 amide bonds. The lowest BCUT2D eigenvalue weighted by Crippen LogP contribution is -2.16. The van der Waals surface area contributed by atoms with Crippen LogP contribution in [0.3, 0.4) is 0 Å². The molecule has 0 bridgehead atoms. The van der Waals surface area contributed by atoms with Crippen molar-refractivity contribution in [2.45, 2.75) is 17.4 Å². The fourth-order valence-electron chi connectivity index (χ4n) is 3.29. The van der Waals surface area contributed by atoms with Gasteiger partial charge in [-0.05, 0) is 36.9 Å². The third-order valence-electron chi connectivity index (χ3n) is 4.65. The zero-order valence-electron chi connectivity index (χ0n) is 15.2. The van der Waals surface area contributed by atoms with Gasteiger partial charge < -0.3 is 9.73 Å². The zero-order valence-corrected chi connectivity index (χ0v) is 16.8. The van der Waals surface area contributed by atoms with E-state index in [0.717, 1.165) is 4.90 Å². The van der Waals surface area contributed by atoms with Gasteiger partial charge in [-0.3, -0.25) is 9.48 Å². The van der Waals surface area contributed by atoms with Crippen LogP contribution in [0.5, 0.6) is 0 Å². The first-order valence-electron chi connectivity index (χ1n) is 8.75. The Morgan fingerprint density at radius 1 is 1.29 bits per heavy atom. The number of hydrogen-bond donors (Lipinski definition) is 1. The highest BCUT2D eigenvalue weighted by Crippen LogP contribution is 2.31. The standard InChI is InChI=1S/C19H19N3O4S2/c1-27-18-7-3-2-5-14(18)20-19(23)15-11-16(17-6-4-9-26-17)22(21-15)13-8-10-28(24,25)12-13/h2-7,9,11,13H,8,10,12H2,1H3,(H,20,23). The molecule has 3 aromatic rings. The molecule has 28 heavy (non-hydrogen) atoms. The number of amides is 1. The van der Waals surface area contributed by atoms with Crippen molar-refractivity contribution in [3.8, 4) is 11.5 Å². The maximum atomic E-state index is 12.8. The number of thioether (sulfide) groups is 1. The van der Waals surface area contributed by atoms with Gasteiger partial charge in [0.05, 0.1) is 29.5 Å². The van der Waals surface area contributed by atoms with Crippen molar-refractivity contribution >= 4 is 33.2 Å². The molecular formula is C19H19N3O4S2. The number of carbonyl (C=O) groups is 1. The summed E-state index contributed by atoms with van der Waals surface area (Å²) in [6.45, 7) is 0. The molecule has 1 unspecified atom stereocenters. The summed E-state index contributed by atoms with van der Waals surface area (Å²) >= 11 is 1.54. The molecule has 3 heterocycles. The van der Waals surface area contributed by atoms with E-state index in [9.17, 15) is 13.2 Å². The second kappa shape index (κ2) is 7.48. The predicted octanol–water partition coefficient (Wildman–Crippen LogP) is 3.48. The first kappa shape index (κ1) is 18.8. The van der Waals surface area contributed by atoms with Crippen LogP contribution in [-0.4, -0.2) is 41.9 Å². The number of sulfone groups is 1. The molecule has 0 spiro atoms. The molecule has 7 nitrogen and oxygen atoms in total. The highest BCUT2D eigenvalue weighted by molar-refractivity contribution is 7.98. The molecule has 0 aliphatic carbocycles. The Labute approximate surface area is 167 Å². The number of rotatable bonds is 5. The van der Waals surface area contributed by atoms with Crippen LogP contribution in [0.2, 0.25) is 0 Å². The minimum atomic E-state index is -3.09. The number of furan rings is 1. The zero-order chi connectivity index (χ0) is 19.7. The fourth-order valence-corrected chi connectivity index (χ4v) is 5.54. The molecule has 1 aliphatic heterocycles. The lowest BCUT2D eigenvalue weighted by Gasteiger charge is -2.11. The van der Waals surface area contributed by atoms with Gasteiger partial charge in [-0.2, -0.15) is 5.10 Å². The van der Waals surface area contributed by atoms with Crippen LogP contribution in [0.15, 0.2) is 58.0 Å². The van der Waals surface area contributed by atoms with E-state index >= 15 is 0 Å². The molecule has 146 valence electrons. The van der Waals surface area contributed by atoms with E-state index in [4.69, 9.17) is 4.42 Å². The number of benzene rings is 1. The average Bonchev–Trinajstić information content (AvgIpc) is 3.40. The Morgan fingerprint density at radius 3 is 2.79 bits per heavy atom. The van der Waals surface area contributed by atoms with E-state index in [1.54, 1.807) is 22.9 Å². The maximum Gasteiger partial charge on any atom is 0.276 e. The van der Waals surface area contributed by atoms with E-state index in [1.807, 2.05) is 30.5 Å². The fraction of sp³-hybridized carbons (Fsp3) is 0.263. The highest BCUT2D eigenvalue weighted by atomic mass is 32.2. The lowest BCUT2D eigenvalue weighted by molar-refractivity contribution is 0.102. The van der Waals surface area contributed by atoms with Crippen LogP contribution >= 0.6 is 11.8 Å². The molecule has 2 aromatic heterocycles. The third-order valence-corrected chi connectivity index (χ3v) is 7.20. The van der Waals surface area contributed by atoms with Crippen molar-refractivity contribution in [2.24, 2.45) is 0 Å². The summed E-state index contributed by atoms with van der Waals surface area (Å²) in [7, 11) is -3.09. The van der Waals surface area contributed by atoms with Crippen molar-refractivity contribution in [2.75, 3.05) is 23.1 Å². The smallest absolute Gasteiger partial charge is 0.276 e. The summed E-state index contributed by atoms with van der Waals surface area (Å²) in [5.74, 6) is 0.325. The van der Waals surface area contributed by atoms with Crippen LogP contribution in [0.25, 0.3) is 11.5 Å². The normalized spacial score (nSPS) is 18.2. The van der Waals surface area contributed by atoms with E-state index in [1.165, 1.54) is 18.0 Å². The van der Waals surface area contributed by atoms with Crippen LogP contribution in [0.4, 0.5) is 5.69 Å². The first-order valence-corrected chi connectivity index (χ1v) is 11.8. The molecule has 1 saturated heterocycles. The SMILES string of the molecule is CSc1ccccc1NC(=O)c1cc(-c2ccco2)n(C2CCS(=O)(=O)C2)n1. The number of para-hydroxylation sites is 1. The Hall–Kier alpha value is -2.52. The number of hydrogen-bond acceptors (Lipinski definition) is 6. The van der Waals surface area contributed by atoms with Crippen molar-refractivity contribution in [3.63, 3.8) is 0 Å². The van der Waals surface area contributed by atoms with Gasteiger partial charge in [-0.1, -0.05) is 12.1 Å². The minimum absolute atomic E-state index is 0.0127. The van der Waals surface area contributed by atoms with Gasteiger partial charge in [0, 0.05) is 11.0 Å². The third kappa shape index (κ3) is 3.72. The minimum Gasteiger partial charge on any atom is -0.463 e. The molecule has 9 heteroatoms. The van der Waals surface area contributed by atoms with Gasteiger partial charge in [0.25, 0.3) is 5.91 Å². The number of nitrogens with zero attached hydrogens (tertiary/aromatic N) is 2. The Bertz CT molecular complexity index is 1100. The number of nitrogens with one attached hydrogen (secondary N) is 1. The lowest BCUT2D eigenvalue weighted by atomic mass is 10.2. The van der Waals surface area contributed by atoms with Gasteiger partial charge in [-0.15, -0.1) is 11.8 Å². The molecule has 0 saturated carbocycles. The van der Waals surface area contributed by atoms with Gasteiger partial charge in [0.1, 0.15) is 5.69 Å². The summed E-state index contributed by atoms with van der Waals surface area (Å²) in [4.78, 5) is 13.8. The highest BCUT2D eigenvalue weighted by Gasteiger charge is 2.32. The van der Waals surface area contributed by atoms with Crippen molar-refractivity contribution < 1.29 is 17.6 Å². The first-order chi connectivity index (χ1) is 13.5. The molecule has 4 rings (SSSR count). The van der Waals surface area contributed by atoms with Crippen LogP contribution in [0.1, 0.15) is 23.0 Å². The van der Waals surface area contributed by atoms with Gasteiger partial charge >= 0.3 is 0 Å². The van der Waals surface area contributed by atoms with Crippen molar-refractivity contribution in [1.82, 2.24) is 9.78 Å². The Balaban J connectivity index is 1.68. The second-order valence-electron chi connectivity index (χ2n) is 6.55. The Kier molecular flexibility index (Phi) is 5.03. The van der Waals surface area contributed by atoms with Crippen LogP contribution in [0, 0.1) is 0 Å². The molecular weight excluding hydrogens is 398 g/mol. The quantitative estimate of drug-likeness (QED) is 0.639. The van der Waals surface area contributed by atoms with Gasteiger partial charge in [0.15, 0.2) is 21.3 Å². The van der Waals surface area contributed by atoms with Crippen LogP contribution in [-0.2, 0) is 9.84 Å². The van der Waals surface area contributed by atoms with E-state index < -0.39 is 9.84 Å². The topological polar surface area (TPSA) is 94.2 Å². The van der Waals surface area contributed by atoms with E-state index in [-0.39, 0.29) is 29.1 Å².